The molecule has 0 radical (unpaired) electrons. The number of hydrogen-bond donors (Lipinski definition) is 2. The third-order valence-corrected chi connectivity index (χ3v) is 6.97. The lowest BCUT2D eigenvalue weighted by Crippen LogP contribution is -2.45. The molecule has 8 heteroatoms. The van der Waals surface area contributed by atoms with Crippen molar-refractivity contribution in [1.82, 2.24) is 9.62 Å². The fourth-order valence-corrected chi connectivity index (χ4v) is 5.19. The lowest BCUT2D eigenvalue weighted by molar-refractivity contribution is -0.136. The Hall–Kier alpha value is -2.71. The summed E-state index contributed by atoms with van der Waals surface area (Å²) in [5.41, 5.74) is 2.50. The molecule has 29 heavy (non-hydrogen) atoms. The summed E-state index contributed by atoms with van der Waals surface area (Å²) in [6, 6.07) is 13.4. The molecule has 0 aliphatic carbocycles. The molecule has 1 heterocycles. The van der Waals surface area contributed by atoms with Gasteiger partial charge in [0.05, 0.1) is 4.90 Å². The van der Waals surface area contributed by atoms with E-state index < -0.39 is 21.8 Å². The summed E-state index contributed by atoms with van der Waals surface area (Å²) in [5, 5.41) is 5.17. The zero-order valence-corrected chi connectivity index (χ0v) is 17.3. The van der Waals surface area contributed by atoms with Crippen LogP contribution in [0.15, 0.2) is 53.4 Å². The molecule has 0 unspecified atom stereocenters. The molecule has 2 amide bonds. The van der Waals surface area contributed by atoms with E-state index >= 15 is 0 Å². The van der Waals surface area contributed by atoms with Crippen LogP contribution in [0.1, 0.15) is 24.0 Å². The van der Waals surface area contributed by atoms with Crippen molar-refractivity contribution < 1.29 is 18.0 Å². The van der Waals surface area contributed by atoms with Gasteiger partial charge < -0.3 is 10.6 Å². The Morgan fingerprint density at radius 1 is 1.07 bits per heavy atom. The molecular weight excluding hydrogens is 390 g/mol. The third-order valence-electron chi connectivity index (χ3n) is 5.01. The number of aryl methyl sites for hydroxylation is 2. The Balaban J connectivity index is 1.61. The highest BCUT2D eigenvalue weighted by molar-refractivity contribution is 7.89. The van der Waals surface area contributed by atoms with E-state index in [1.54, 1.807) is 36.4 Å². The van der Waals surface area contributed by atoms with Crippen LogP contribution in [0.25, 0.3) is 0 Å². The first kappa shape index (κ1) is 21.0. The average Bonchev–Trinajstić information content (AvgIpc) is 3.18. The second-order valence-electron chi connectivity index (χ2n) is 7.21. The lowest BCUT2D eigenvalue weighted by Gasteiger charge is -2.24. The number of nitrogens with one attached hydrogen (secondary N) is 2. The van der Waals surface area contributed by atoms with Gasteiger partial charge in [-0.3, -0.25) is 9.59 Å². The number of hydrogen-bond acceptors (Lipinski definition) is 4. The number of carbonyl (C=O) groups excluding carboxylic acids is 2. The predicted molar refractivity (Wildman–Crippen MR) is 111 cm³/mol. The molecule has 2 aromatic rings. The van der Waals surface area contributed by atoms with Gasteiger partial charge in [0, 0.05) is 24.8 Å². The Morgan fingerprint density at radius 3 is 2.48 bits per heavy atom. The van der Waals surface area contributed by atoms with Crippen molar-refractivity contribution in [2.75, 3.05) is 18.4 Å². The maximum Gasteiger partial charge on any atom is 0.313 e. The molecule has 1 fully saturated rings. The van der Waals surface area contributed by atoms with Crippen LogP contribution in [0.2, 0.25) is 0 Å². The van der Waals surface area contributed by atoms with E-state index in [4.69, 9.17) is 0 Å². The van der Waals surface area contributed by atoms with Crippen molar-refractivity contribution in [3.63, 3.8) is 0 Å². The van der Waals surface area contributed by atoms with Crippen molar-refractivity contribution in [3.8, 4) is 0 Å². The van der Waals surface area contributed by atoms with Crippen molar-refractivity contribution in [3.05, 3.63) is 59.7 Å². The van der Waals surface area contributed by atoms with E-state index in [-0.39, 0.29) is 17.5 Å². The van der Waals surface area contributed by atoms with Crippen LogP contribution < -0.4 is 10.6 Å². The highest BCUT2D eigenvalue weighted by atomic mass is 32.2. The molecular formula is C21H25N3O4S. The van der Waals surface area contributed by atoms with Gasteiger partial charge in [-0.05, 0) is 50.5 Å². The molecule has 0 saturated carbocycles. The molecule has 0 aromatic heterocycles. The molecule has 3 rings (SSSR count). The molecule has 1 atom stereocenters. The van der Waals surface area contributed by atoms with Crippen LogP contribution >= 0.6 is 0 Å². The van der Waals surface area contributed by atoms with Crippen LogP contribution in [-0.4, -0.2) is 43.7 Å². The highest BCUT2D eigenvalue weighted by Crippen LogP contribution is 2.25. The zero-order chi connectivity index (χ0) is 21.0. The standard InChI is InChI=1S/C21H25N3O4S/c1-15-10-11-19(16(2)13-15)23-21(26)20(25)22-14-17-7-6-12-24(17)29(27,28)18-8-4-3-5-9-18/h3-5,8-11,13,17H,6-7,12,14H2,1-2H3,(H,22,25)(H,23,26)/t17-/m0/s1. The number of sulfonamides is 1. The first-order valence-corrected chi connectivity index (χ1v) is 11.0. The minimum absolute atomic E-state index is 0.0885. The van der Waals surface area contributed by atoms with Gasteiger partial charge in [0.15, 0.2) is 0 Å². The fourth-order valence-electron chi connectivity index (χ4n) is 3.48. The molecule has 1 aliphatic heterocycles. The molecule has 154 valence electrons. The molecule has 2 aromatic carbocycles. The minimum Gasteiger partial charge on any atom is -0.346 e. The summed E-state index contributed by atoms with van der Waals surface area (Å²) >= 11 is 0. The van der Waals surface area contributed by atoms with Gasteiger partial charge >= 0.3 is 11.8 Å². The van der Waals surface area contributed by atoms with Gasteiger partial charge in [0.2, 0.25) is 10.0 Å². The molecule has 1 saturated heterocycles. The van der Waals surface area contributed by atoms with Gasteiger partial charge in [-0.15, -0.1) is 0 Å². The van der Waals surface area contributed by atoms with Crippen LogP contribution in [-0.2, 0) is 19.6 Å². The quantitative estimate of drug-likeness (QED) is 0.732. The highest BCUT2D eigenvalue weighted by Gasteiger charge is 2.35. The predicted octanol–water partition coefficient (Wildman–Crippen LogP) is 2.21. The van der Waals surface area contributed by atoms with E-state index in [0.717, 1.165) is 11.1 Å². The van der Waals surface area contributed by atoms with Crippen LogP contribution in [0.3, 0.4) is 0 Å². The minimum atomic E-state index is -3.63. The monoisotopic (exact) mass is 415 g/mol. The summed E-state index contributed by atoms with van der Waals surface area (Å²) in [6.07, 6.45) is 1.34. The SMILES string of the molecule is Cc1ccc(NC(=O)C(=O)NC[C@@H]2CCCN2S(=O)(=O)c2ccccc2)c(C)c1. The van der Waals surface area contributed by atoms with Crippen LogP contribution in [0, 0.1) is 13.8 Å². The average molecular weight is 416 g/mol. The topological polar surface area (TPSA) is 95.6 Å². The van der Waals surface area contributed by atoms with E-state index in [1.807, 2.05) is 26.0 Å². The molecule has 0 spiro atoms. The lowest BCUT2D eigenvalue weighted by atomic mass is 10.1. The summed E-state index contributed by atoms with van der Waals surface area (Å²) < 4.78 is 27.1. The number of benzene rings is 2. The Labute approximate surface area is 171 Å². The second-order valence-corrected chi connectivity index (χ2v) is 9.10. The Kier molecular flexibility index (Phi) is 6.34. The number of carbonyl (C=O) groups is 2. The molecule has 0 bridgehead atoms. The van der Waals surface area contributed by atoms with E-state index in [1.165, 1.54) is 4.31 Å². The second kappa shape index (κ2) is 8.75. The van der Waals surface area contributed by atoms with Crippen LogP contribution in [0.5, 0.6) is 0 Å². The van der Waals surface area contributed by atoms with Gasteiger partial charge in [-0.25, -0.2) is 8.42 Å². The summed E-state index contributed by atoms with van der Waals surface area (Å²) in [4.78, 5) is 24.6. The Bertz CT molecular complexity index is 1010. The summed E-state index contributed by atoms with van der Waals surface area (Å²) in [5.74, 6) is -1.55. The number of amides is 2. The van der Waals surface area contributed by atoms with Crippen LogP contribution in [0.4, 0.5) is 5.69 Å². The molecule has 2 N–H and O–H groups in total. The largest absolute Gasteiger partial charge is 0.346 e. The summed E-state index contributed by atoms with van der Waals surface area (Å²) in [6.45, 7) is 4.28. The molecule has 7 nitrogen and oxygen atoms in total. The van der Waals surface area contributed by atoms with Crippen molar-refractivity contribution in [2.24, 2.45) is 0 Å². The maximum atomic E-state index is 12.9. The molecule has 1 aliphatic rings. The van der Waals surface area contributed by atoms with E-state index in [2.05, 4.69) is 10.6 Å². The number of anilines is 1. The Morgan fingerprint density at radius 2 is 1.79 bits per heavy atom. The van der Waals surface area contributed by atoms with Gasteiger partial charge in [-0.2, -0.15) is 4.31 Å². The van der Waals surface area contributed by atoms with E-state index in [9.17, 15) is 18.0 Å². The normalized spacial score (nSPS) is 17.1. The number of nitrogens with zero attached hydrogens (tertiary/aromatic N) is 1. The van der Waals surface area contributed by atoms with Crippen molar-refractivity contribution >= 4 is 27.5 Å². The smallest absolute Gasteiger partial charge is 0.313 e. The van der Waals surface area contributed by atoms with Crippen molar-refractivity contribution in [2.45, 2.75) is 37.6 Å². The third kappa shape index (κ3) is 4.83. The van der Waals surface area contributed by atoms with Gasteiger partial charge in [-0.1, -0.05) is 35.9 Å². The van der Waals surface area contributed by atoms with E-state index in [0.29, 0.717) is 25.1 Å². The van der Waals surface area contributed by atoms with Gasteiger partial charge in [0.1, 0.15) is 0 Å². The number of rotatable bonds is 5. The first-order chi connectivity index (χ1) is 13.8. The first-order valence-electron chi connectivity index (χ1n) is 9.52. The zero-order valence-electron chi connectivity index (χ0n) is 16.5. The summed E-state index contributed by atoms with van der Waals surface area (Å²) in [7, 11) is -3.63. The fraction of sp³-hybridized carbons (Fsp3) is 0.333. The maximum absolute atomic E-state index is 12.9. The van der Waals surface area contributed by atoms with Crippen molar-refractivity contribution in [1.29, 1.82) is 0 Å². The van der Waals surface area contributed by atoms with Gasteiger partial charge in [0.25, 0.3) is 0 Å².